The summed E-state index contributed by atoms with van der Waals surface area (Å²) in [5, 5.41) is 0.735. The van der Waals surface area contributed by atoms with Gasteiger partial charge in [-0.05, 0) is 39.1 Å². The van der Waals surface area contributed by atoms with Gasteiger partial charge in [0.15, 0.2) is 0 Å². The molecule has 1 heterocycles. The molecule has 0 fully saturated rings. The molecular weight excluding hydrogens is 238 g/mol. The van der Waals surface area contributed by atoms with Crippen molar-refractivity contribution in [1.82, 2.24) is 14.5 Å². The lowest BCUT2D eigenvalue weighted by molar-refractivity contribution is 0.255. The molecule has 102 valence electrons. The van der Waals surface area contributed by atoms with Crippen LogP contribution in [0.4, 0.5) is 0 Å². The van der Waals surface area contributed by atoms with Crippen molar-refractivity contribution in [3.63, 3.8) is 0 Å². The van der Waals surface area contributed by atoms with E-state index in [4.69, 9.17) is 0 Å². The molecule has 0 unspecified atom stereocenters. The largest absolute Gasteiger partial charge is 0.305 e. The second kappa shape index (κ2) is 5.53. The van der Waals surface area contributed by atoms with E-state index >= 15 is 0 Å². The van der Waals surface area contributed by atoms with Crippen LogP contribution in [0, 0.1) is 6.92 Å². The first kappa shape index (κ1) is 13.7. The van der Waals surface area contributed by atoms with Crippen LogP contribution in [0.5, 0.6) is 0 Å². The monoisotopic (exact) mass is 259 g/mol. The van der Waals surface area contributed by atoms with Crippen LogP contribution in [0.25, 0.3) is 10.9 Å². The topological polar surface area (TPSA) is 38.1 Å². The summed E-state index contributed by atoms with van der Waals surface area (Å²) in [5.41, 5.74) is 1.82. The zero-order valence-electron chi connectivity index (χ0n) is 12.1. The lowest BCUT2D eigenvalue weighted by Crippen LogP contribution is -2.35. The summed E-state index contributed by atoms with van der Waals surface area (Å²) in [5.74, 6) is 0. The summed E-state index contributed by atoms with van der Waals surface area (Å²) in [6.07, 6.45) is 2.67. The van der Waals surface area contributed by atoms with E-state index in [2.05, 4.69) is 16.8 Å². The second-order valence-corrected chi connectivity index (χ2v) is 5.20. The molecule has 0 N–H and O–H groups in total. The summed E-state index contributed by atoms with van der Waals surface area (Å²) < 4.78 is 1.73. The van der Waals surface area contributed by atoms with Crippen molar-refractivity contribution in [2.75, 3.05) is 14.1 Å². The van der Waals surface area contributed by atoms with Gasteiger partial charge >= 0.3 is 0 Å². The zero-order valence-corrected chi connectivity index (χ0v) is 12.1. The Morgan fingerprint density at radius 3 is 2.74 bits per heavy atom. The number of hydrogen-bond acceptors (Lipinski definition) is 3. The molecule has 0 bridgehead atoms. The van der Waals surface area contributed by atoms with Crippen LogP contribution in [0.2, 0.25) is 0 Å². The lowest BCUT2D eigenvalue weighted by atomic mass is 10.1. The van der Waals surface area contributed by atoms with E-state index in [0.717, 1.165) is 22.9 Å². The maximum absolute atomic E-state index is 12.5. The van der Waals surface area contributed by atoms with Gasteiger partial charge in [-0.1, -0.05) is 19.1 Å². The highest BCUT2D eigenvalue weighted by atomic mass is 16.1. The van der Waals surface area contributed by atoms with Gasteiger partial charge < -0.3 is 4.90 Å². The molecule has 1 aromatic heterocycles. The molecule has 4 heteroatoms. The molecule has 2 rings (SSSR count). The Kier molecular flexibility index (Phi) is 4.00. The van der Waals surface area contributed by atoms with Gasteiger partial charge in [-0.2, -0.15) is 0 Å². The minimum atomic E-state index is 0.0587. The Morgan fingerprint density at radius 1 is 1.37 bits per heavy atom. The molecule has 1 atom stereocenters. The van der Waals surface area contributed by atoms with Gasteiger partial charge in [0.1, 0.15) is 0 Å². The van der Waals surface area contributed by atoms with Crippen molar-refractivity contribution in [1.29, 1.82) is 0 Å². The van der Waals surface area contributed by atoms with Gasteiger partial charge in [-0.15, -0.1) is 0 Å². The maximum Gasteiger partial charge on any atom is 0.261 e. The number of aryl methyl sites for hydroxylation is 1. The number of hydrogen-bond donors (Lipinski definition) is 0. The fourth-order valence-electron chi connectivity index (χ4n) is 2.38. The number of nitrogens with zero attached hydrogens (tertiary/aromatic N) is 3. The standard InChI is InChI=1S/C15H21N3O/c1-5-12(17(3)4)9-18-10-16-13-8-6-7-11(2)14(13)15(18)19/h6-8,10,12H,5,9H2,1-4H3/t12-/m1/s1. The van der Waals surface area contributed by atoms with Crippen LogP contribution in [0.15, 0.2) is 29.3 Å². The van der Waals surface area contributed by atoms with Crippen molar-refractivity contribution in [2.45, 2.75) is 32.9 Å². The molecule has 2 aromatic rings. The summed E-state index contributed by atoms with van der Waals surface area (Å²) in [6.45, 7) is 4.77. The molecule has 0 radical (unpaired) electrons. The minimum absolute atomic E-state index is 0.0587. The smallest absolute Gasteiger partial charge is 0.261 e. The number of benzene rings is 1. The zero-order chi connectivity index (χ0) is 14.0. The van der Waals surface area contributed by atoms with Gasteiger partial charge in [-0.25, -0.2) is 4.98 Å². The van der Waals surface area contributed by atoms with Crippen molar-refractivity contribution in [2.24, 2.45) is 0 Å². The first-order valence-electron chi connectivity index (χ1n) is 6.65. The van der Waals surface area contributed by atoms with Crippen molar-refractivity contribution < 1.29 is 0 Å². The summed E-state index contributed by atoms with van der Waals surface area (Å²) in [4.78, 5) is 19.1. The second-order valence-electron chi connectivity index (χ2n) is 5.20. The Bertz CT molecular complexity index is 631. The molecule has 0 aliphatic rings. The fraction of sp³-hybridized carbons (Fsp3) is 0.467. The average Bonchev–Trinajstić information content (AvgIpc) is 2.37. The highest BCUT2D eigenvalue weighted by Crippen LogP contribution is 2.11. The molecule has 19 heavy (non-hydrogen) atoms. The van der Waals surface area contributed by atoms with Crippen molar-refractivity contribution in [3.05, 3.63) is 40.4 Å². The van der Waals surface area contributed by atoms with Crippen LogP contribution in [0.1, 0.15) is 18.9 Å². The lowest BCUT2D eigenvalue weighted by Gasteiger charge is -2.23. The van der Waals surface area contributed by atoms with Crippen LogP contribution in [-0.2, 0) is 6.54 Å². The first-order chi connectivity index (χ1) is 9.04. The third kappa shape index (κ3) is 2.68. The van der Waals surface area contributed by atoms with E-state index in [1.165, 1.54) is 0 Å². The van der Waals surface area contributed by atoms with E-state index in [1.807, 2.05) is 39.2 Å². The maximum atomic E-state index is 12.5. The number of likely N-dealkylation sites (N-methyl/N-ethyl adjacent to an activating group) is 1. The van der Waals surface area contributed by atoms with E-state index < -0.39 is 0 Å². The van der Waals surface area contributed by atoms with Gasteiger partial charge in [-0.3, -0.25) is 9.36 Å². The summed E-state index contributed by atoms with van der Waals surface area (Å²) in [6, 6.07) is 6.13. The highest BCUT2D eigenvalue weighted by Gasteiger charge is 2.12. The van der Waals surface area contributed by atoms with E-state index in [-0.39, 0.29) is 5.56 Å². The SMILES string of the molecule is CC[C@H](Cn1cnc2cccc(C)c2c1=O)N(C)C. The molecule has 4 nitrogen and oxygen atoms in total. The predicted octanol–water partition coefficient (Wildman–Crippen LogP) is 2.05. The molecule has 1 aromatic carbocycles. The Balaban J connectivity index is 2.49. The molecular formula is C15H21N3O. The first-order valence-corrected chi connectivity index (χ1v) is 6.65. The average molecular weight is 259 g/mol. The number of rotatable bonds is 4. The van der Waals surface area contributed by atoms with E-state index in [9.17, 15) is 4.79 Å². The quantitative estimate of drug-likeness (QED) is 0.843. The molecule has 0 saturated heterocycles. The van der Waals surface area contributed by atoms with Crippen molar-refractivity contribution in [3.8, 4) is 0 Å². The minimum Gasteiger partial charge on any atom is -0.305 e. The predicted molar refractivity (Wildman–Crippen MR) is 78.5 cm³/mol. The fourth-order valence-corrected chi connectivity index (χ4v) is 2.38. The Hall–Kier alpha value is -1.68. The molecule has 0 aliphatic carbocycles. The third-order valence-electron chi connectivity index (χ3n) is 3.67. The summed E-state index contributed by atoms with van der Waals surface area (Å²) in [7, 11) is 4.08. The van der Waals surface area contributed by atoms with Gasteiger partial charge in [0.25, 0.3) is 5.56 Å². The number of fused-ring (bicyclic) bond motifs is 1. The Labute approximate surface area is 113 Å². The van der Waals surface area contributed by atoms with Gasteiger partial charge in [0.2, 0.25) is 0 Å². The normalized spacial score (nSPS) is 13.1. The van der Waals surface area contributed by atoms with Crippen molar-refractivity contribution >= 4 is 10.9 Å². The van der Waals surface area contributed by atoms with Crippen LogP contribution < -0.4 is 5.56 Å². The molecule has 0 saturated carbocycles. The number of aromatic nitrogens is 2. The molecule has 0 aliphatic heterocycles. The van der Waals surface area contributed by atoms with Crippen LogP contribution in [-0.4, -0.2) is 34.6 Å². The molecule has 0 amide bonds. The van der Waals surface area contributed by atoms with Gasteiger partial charge in [0.05, 0.1) is 17.2 Å². The summed E-state index contributed by atoms with van der Waals surface area (Å²) >= 11 is 0. The van der Waals surface area contributed by atoms with Gasteiger partial charge in [0, 0.05) is 12.6 Å². The highest BCUT2D eigenvalue weighted by molar-refractivity contribution is 5.80. The molecule has 0 spiro atoms. The van der Waals surface area contributed by atoms with E-state index in [0.29, 0.717) is 12.6 Å². The van der Waals surface area contributed by atoms with Crippen LogP contribution >= 0.6 is 0 Å². The third-order valence-corrected chi connectivity index (χ3v) is 3.67. The van der Waals surface area contributed by atoms with E-state index in [1.54, 1.807) is 10.9 Å². The Morgan fingerprint density at radius 2 is 2.11 bits per heavy atom. The van der Waals surface area contributed by atoms with Crippen LogP contribution in [0.3, 0.4) is 0 Å².